The summed E-state index contributed by atoms with van der Waals surface area (Å²) in [6, 6.07) is 3.95. The molecule has 3 heterocycles. The van der Waals surface area contributed by atoms with Gasteiger partial charge in [0, 0.05) is 15.3 Å². The van der Waals surface area contributed by atoms with Gasteiger partial charge in [-0.1, -0.05) is 19.0 Å². The van der Waals surface area contributed by atoms with E-state index in [-0.39, 0.29) is 11.8 Å². The Balaban J connectivity index is 1.84. The minimum absolute atomic E-state index is 0.112. The first-order valence-electron chi connectivity index (χ1n) is 5.88. The fraction of sp³-hybridized carbons (Fsp3) is 0.231. The summed E-state index contributed by atoms with van der Waals surface area (Å²) < 4.78 is 7.43. The quantitative estimate of drug-likeness (QED) is 0.782. The van der Waals surface area contributed by atoms with E-state index in [0.29, 0.717) is 16.3 Å². The van der Waals surface area contributed by atoms with Crippen molar-refractivity contribution in [2.24, 2.45) is 0 Å². The Hall–Kier alpha value is -1.66. The number of fused-ring (bicyclic) bond motifs is 1. The Labute approximate surface area is 118 Å². The summed E-state index contributed by atoms with van der Waals surface area (Å²) in [5.74, 6) is 0.773. The summed E-state index contributed by atoms with van der Waals surface area (Å²) >= 11 is 3.14. The zero-order valence-electron chi connectivity index (χ0n) is 10.5. The van der Waals surface area contributed by atoms with E-state index in [4.69, 9.17) is 4.52 Å². The van der Waals surface area contributed by atoms with Gasteiger partial charge >= 0.3 is 0 Å². The van der Waals surface area contributed by atoms with E-state index >= 15 is 0 Å². The zero-order chi connectivity index (χ0) is 13.4. The summed E-state index contributed by atoms with van der Waals surface area (Å²) in [5, 5.41) is 8.62. The van der Waals surface area contributed by atoms with E-state index in [2.05, 4.69) is 10.5 Å². The van der Waals surface area contributed by atoms with Gasteiger partial charge in [-0.25, -0.2) is 0 Å². The van der Waals surface area contributed by atoms with E-state index in [1.165, 1.54) is 11.3 Å². The normalized spacial score (nSPS) is 11.3. The second kappa shape index (κ2) is 4.79. The van der Waals surface area contributed by atoms with Crippen LogP contribution >= 0.6 is 22.7 Å². The first-order valence-corrected chi connectivity index (χ1v) is 7.57. The second-order valence-corrected chi connectivity index (χ2v) is 6.50. The molecule has 0 aromatic carbocycles. The highest BCUT2D eigenvalue weighted by atomic mass is 32.1. The van der Waals surface area contributed by atoms with Crippen LogP contribution in [0.3, 0.4) is 0 Å². The first kappa shape index (κ1) is 12.4. The predicted octanol–water partition coefficient (Wildman–Crippen LogP) is 4.33. The average molecular weight is 292 g/mol. The van der Waals surface area contributed by atoms with Gasteiger partial charge in [0.25, 0.3) is 5.91 Å². The molecule has 0 aliphatic heterocycles. The number of rotatable bonds is 3. The molecule has 0 saturated carbocycles. The van der Waals surface area contributed by atoms with Crippen molar-refractivity contribution in [3.63, 3.8) is 0 Å². The highest BCUT2D eigenvalue weighted by Gasteiger charge is 2.17. The fourth-order valence-corrected chi connectivity index (χ4v) is 3.82. The van der Waals surface area contributed by atoms with Crippen LogP contribution in [0.4, 0.5) is 5.69 Å². The third-order valence-electron chi connectivity index (χ3n) is 2.73. The summed E-state index contributed by atoms with van der Waals surface area (Å²) in [7, 11) is 0. The van der Waals surface area contributed by atoms with Gasteiger partial charge in [-0.3, -0.25) is 4.79 Å². The average Bonchev–Trinajstić information content (AvgIpc) is 3.01. The molecule has 19 heavy (non-hydrogen) atoms. The number of carbonyl (C=O) groups is 1. The number of amides is 1. The lowest BCUT2D eigenvalue weighted by molar-refractivity contribution is 0.103. The molecule has 0 spiro atoms. The van der Waals surface area contributed by atoms with Gasteiger partial charge in [0.05, 0.1) is 11.1 Å². The van der Waals surface area contributed by atoms with Crippen molar-refractivity contribution in [3.05, 3.63) is 34.3 Å². The van der Waals surface area contributed by atoms with Crippen molar-refractivity contribution in [3.8, 4) is 0 Å². The molecule has 98 valence electrons. The number of hydrogen-bond acceptors (Lipinski definition) is 5. The molecule has 1 amide bonds. The Kier molecular flexibility index (Phi) is 3.12. The van der Waals surface area contributed by atoms with Crippen LogP contribution in [-0.4, -0.2) is 11.1 Å². The molecular formula is C13H12N2O2S2. The topological polar surface area (TPSA) is 55.1 Å². The molecule has 0 atom stereocenters. The Morgan fingerprint density at radius 3 is 3.00 bits per heavy atom. The maximum atomic E-state index is 12.2. The highest BCUT2D eigenvalue weighted by Crippen LogP contribution is 2.31. The lowest BCUT2D eigenvalue weighted by Crippen LogP contribution is -2.11. The van der Waals surface area contributed by atoms with Crippen LogP contribution in [0, 0.1) is 0 Å². The molecule has 0 fully saturated rings. The van der Waals surface area contributed by atoms with Crippen molar-refractivity contribution >= 4 is 43.7 Å². The molecule has 0 aliphatic rings. The number of nitrogens with zero attached hydrogens (tertiary/aromatic N) is 1. The lowest BCUT2D eigenvalue weighted by atomic mass is 10.1. The minimum Gasteiger partial charge on any atom is -0.359 e. The van der Waals surface area contributed by atoms with E-state index in [9.17, 15) is 4.79 Å². The maximum Gasteiger partial charge on any atom is 0.265 e. The van der Waals surface area contributed by atoms with Crippen molar-refractivity contribution in [2.45, 2.75) is 19.8 Å². The molecule has 4 nitrogen and oxygen atoms in total. The van der Waals surface area contributed by atoms with Crippen LogP contribution in [0.2, 0.25) is 0 Å². The van der Waals surface area contributed by atoms with Gasteiger partial charge in [-0.05, 0) is 17.5 Å². The lowest BCUT2D eigenvalue weighted by Gasteiger charge is -2.04. The molecule has 6 heteroatoms. The number of anilines is 1. The SMILES string of the molecule is CC(C)c1oncc1NC(=O)c1cc2sccc2s1. The number of nitrogens with one attached hydrogen (secondary N) is 1. The summed E-state index contributed by atoms with van der Waals surface area (Å²) in [6.07, 6.45) is 1.54. The number of thiophene rings is 2. The zero-order valence-corrected chi connectivity index (χ0v) is 12.1. The van der Waals surface area contributed by atoms with Crippen molar-refractivity contribution in [1.29, 1.82) is 0 Å². The molecule has 0 bridgehead atoms. The third-order valence-corrected chi connectivity index (χ3v) is 4.83. The van der Waals surface area contributed by atoms with Crippen LogP contribution in [0.1, 0.15) is 35.2 Å². The van der Waals surface area contributed by atoms with E-state index in [0.717, 1.165) is 9.40 Å². The molecule has 3 rings (SSSR count). The summed E-state index contributed by atoms with van der Waals surface area (Å²) in [4.78, 5) is 12.9. The summed E-state index contributed by atoms with van der Waals surface area (Å²) in [5.41, 5.74) is 0.650. The highest BCUT2D eigenvalue weighted by molar-refractivity contribution is 7.27. The molecular weight excluding hydrogens is 280 g/mol. The van der Waals surface area contributed by atoms with Crippen molar-refractivity contribution in [2.75, 3.05) is 5.32 Å². The Morgan fingerprint density at radius 2 is 2.26 bits per heavy atom. The molecule has 0 aliphatic carbocycles. The van der Waals surface area contributed by atoms with Gasteiger partial charge in [0.15, 0.2) is 5.76 Å². The number of aromatic nitrogens is 1. The van der Waals surface area contributed by atoms with Gasteiger partial charge in [0.1, 0.15) is 5.69 Å². The fourth-order valence-electron chi connectivity index (χ4n) is 1.82. The number of hydrogen-bond donors (Lipinski definition) is 1. The maximum absolute atomic E-state index is 12.2. The smallest absolute Gasteiger partial charge is 0.265 e. The van der Waals surface area contributed by atoms with E-state index in [1.54, 1.807) is 17.5 Å². The van der Waals surface area contributed by atoms with Crippen molar-refractivity contribution < 1.29 is 9.32 Å². The monoisotopic (exact) mass is 292 g/mol. The molecule has 0 unspecified atom stereocenters. The van der Waals surface area contributed by atoms with Crippen LogP contribution in [0.25, 0.3) is 9.40 Å². The van der Waals surface area contributed by atoms with Gasteiger partial charge in [-0.2, -0.15) is 0 Å². The van der Waals surface area contributed by atoms with Gasteiger partial charge in [0.2, 0.25) is 0 Å². The summed E-state index contributed by atoms with van der Waals surface area (Å²) in [6.45, 7) is 3.99. The van der Waals surface area contributed by atoms with Crippen molar-refractivity contribution in [1.82, 2.24) is 5.16 Å². The minimum atomic E-state index is -0.112. The molecule has 0 radical (unpaired) electrons. The van der Waals surface area contributed by atoms with E-state index < -0.39 is 0 Å². The number of carbonyl (C=O) groups excluding carboxylic acids is 1. The first-order chi connectivity index (χ1) is 9.15. The largest absolute Gasteiger partial charge is 0.359 e. The van der Waals surface area contributed by atoms with Crippen LogP contribution < -0.4 is 5.32 Å². The molecule has 0 saturated heterocycles. The predicted molar refractivity (Wildman–Crippen MR) is 78.2 cm³/mol. The Morgan fingerprint density at radius 1 is 1.42 bits per heavy atom. The molecule has 3 aromatic heterocycles. The van der Waals surface area contributed by atoms with Crippen LogP contribution in [0.15, 0.2) is 28.2 Å². The second-order valence-electron chi connectivity index (χ2n) is 4.47. The van der Waals surface area contributed by atoms with Gasteiger partial charge < -0.3 is 9.84 Å². The standard InChI is InChI=1S/C13H12N2O2S2/c1-7(2)12-8(6-14-17-12)15-13(16)11-5-10-9(19-11)3-4-18-10/h3-7H,1-2H3,(H,15,16). The third kappa shape index (κ3) is 2.29. The van der Waals surface area contributed by atoms with Crippen LogP contribution in [0.5, 0.6) is 0 Å². The molecule has 3 aromatic rings. The van der Waals surface area contributed by atoms with Crippen LogP contribution in [-0.2, 0) is 0 Å². The van der Waals surface area contributed by atoms with E-state index in [1.807, 2.05) is 31.4 Å². The van der Waals surface area contributed by atoms with Gasteiger partial charge in [-0.15, -0.1) is 22.7 Å². The molecule has 1 N–H and O–H groups in total. The Bertz CT molecular complexity index is 695.